The van der Waals surface area contributed by atoms with E-state index in [1.165, 1.54) is 19.1 Å². The Morgan fingerprint density at radius 2 is 1.71 bits per heavy atom. The quantitative estimate of drug-likeness (QED) is 0.836. The summed E-state index contributed by atoms with van der Waals surface area (Å²) in [6.45, 7) is 3.22. The maximum absolute atomic E-state index is 12.3. The van der Waals surface area contributed by atoms with Gasteiger partial charge in [-0.25, -0.2) is 8.42 Å². The van der Waals surface area contributed by atoms with Gasteiger partial charge in [-0.3, -0.25) is 9.52 Å². The van der Waals surface area contributed by atoms with Crippen molar-refractivity contribution in [1.29, 1.82) is 0 Å². The van der Waals surface area contributed by atoms with Crippen molar-refractivity contribution in [3.8, 4) is 0 Å². The van der Waals surface area contributed by atoms with E-state index in [0.717, 1.165) is 10.0 Å². The Kier molecular flexibility index (Phi) is 4.49. The molecule has 0 aromatic heterocycles. The van der Waals surface area contributed by atoms with E-state index in [1.54, 1.807) is 37.3 Å². The van der Waals surface area contributed by atoms with Crippen LogP contribution >= 0.6 is 15.9 Å². The Morgan fingerprint density at radius 3 is 2.29 bits per heavy atom. The average molecular weight is 368 g/mol. The number of sulfonamides is 1. The van der Waals surface area contributed by atoms with E-state index < -0.39 is 10.0 Å². The molecule has 2 rings (SSSR count). The van der Waals surface area contributed by atoms with Crippen LogP contribution in [0.2, 0.25) is 0 Å². The molecule has 0 aliphatic rings. The zero-order valence-corrected chi connectivity index (χ0v) is 14.0. The molecule has 0 saturated heterocycles. The summed E-state index contributed by atoms with van der Waals surface area (Å²) >= 11 is 3.26. The van der Waals surface area contributed by atoms with Gasteiger partial charge in [0.05, 0.1) is 10.6 Å². The molecule has 0 atom stereocenters. The molecule has 0 radical (unpaired) electrons. The van der Waals surface area contributed by atoms with Crippen molar-refractivity contribution in [3.63, 3.8) is 0 Å². The van der Waals surface area contributed by atoms with Gasteiger partial charge in [0.25, 0.3) is 10.0 Å². The molecule has 2 aromatic rings. The summed E-state index contributed by atoms with van der Waals surface area (Å²) in [6.07, 6.45) is 0. The van der Waals surface area contributed by atoms with Gasteiger partial charge in [0.15, 0.2) is 5.78 Å². The SMILES string of the molecule is CC(=O)c1ccc(C)c(NS(=O)(=O)c2ccc(Br)cc2)c1. The lowest BCUT2D eigenvalue weighted by Crippen LogP contribution is -2.14. The molecule has 1 N–H and O–H groups in total. The topological polar surface area (TPSA) is 63.2 Å². The summed E-state index contributed by atoms with van der Waals surface area (Å²) in [7, 11) is -3.68. The van der Waals surface area contributed by atoms with Crippen LogP contribution in [0.5, 0.6) is 0 Å². The summed E-state index contributed by atoms with van der Waals surface area (Å²) in [5.74, 6) is -0.112. The summed E-state index contributed by atoms with van der Waals surface area (Å²) < 4.78 is 28.0. The smallest absolute Gasteiger partial charge is 0.261 e. The first-order valence-electron chi connectivity index (χ1n) is 6.19. The number of ketones is 1. The van der Waals surface area contributed by atoms with E-state index in [9.17, 15) is 13.2 Å². The average Bonchev–Trinajstić information content (AvgIpc) is 2.41. The number of hydrogen-bond donors (Lipinski definition) is 1. The molecular weight excluding hydrogens is 354 g/mol. The summed E-state index contributed by atoms with van der Waals surface area (Å²) in [5.41, 5.74) is 1.63. The molecule has 110 valence electrons. The van der Waals surface area contributed by atoms with Crippen molar-refractivity contribution in [3.05, 3.63) is 58.1 Å². The first-order chi connectivity index (χ1) is 9.79. The maximum Gasteiger partial charge on any atom is 0.261 e. The summed E-state index contributed by atoms with van der Waals surface area (Å²) in [6, 6.07) is 11.3. The predicted octanol–water partition coefficient (Wildman–Crippen LogP) is 3.76. The number of aryl methyl sites for hydroxylation is 1. The third kappa shape index (κ3) is 3.71. The van der Waals surface area contributed by atoms with Gasteiger partial charge in [0, 0.05) is 10.0 Å². The van der Waals surface area contributed by atoms with E-state index in [-0.39, 0.29) is 10.7 Å². The molecule has 6 heteroatoms. The number of carbonyl (C=O) groups excluding carboxylic acids is 1. The number of nitrogens with one attached hydrogen (secondary N) is 1. The third-order valence-electron chi connectivity index (χ3n) is 3.01. The van der Waals surface area contributed by atoms with Crippen LogP contribution < -0.4 is 4.72 Å². The number of hydrogen-bond acceptors (Lipinski definition) is 3. The second kappa shape index (κ2) is 5.99. The van der Waals surface area contributed by atoms with E-state index in [4.69, 9.17) is 0 Å². The largest absolute Gasteiger partial charge is 0.295 e. The Bertz CT molecular complexity index is 783. The van der Waals surface area contributed by atoms with Crippen LogP contribution in [0.3, 0.4) is 0 Å². The number of carbonyl (C=O) groups is 1. The summed E-state index contributed by atoms with van der Waals surface area (Å²) in [5, 5.41) is 0. The number of anilines is 1. The van der Waals surface area contributed by atoms with Gasteiger partial charge in [0.2, 0.25) is 0 Å². The Morgan fingerprint density at radius 1 is 1.10 bits per heavy atom. The van der Waals surface area contributed by atoms with Crippen molar-refractivity contribution in [1.82, 2.24) is 0 Å². The van der Waals surface area contributed by atoms with Gasteiger partial charge in [-0.05, 0) is 49.7 Å². The highest BCUT2D eigenvalue weighted by Gasteiger charge is 2.15. The number of benzene rings is 2. The zero-order valence-electron chi connectivity index (χ0n) is 11.6. The van der Waals surface area contributed by atoms with Crippen LogP contribution in [0.25, 0.3) is 0 Å². The minimum Gasteiger partial charge on any atom is -0.295 e. The molecule has 0 fully saturated rings. The van der Waals surface area contributed by atoms with Crippen molar-refractivity contribution in [2.75, 3.05) is 4.72 Å². The second-order valence-electron chi connectivity index (χ2n) is 4.65. The van der Waals surface area contributed by atoms with Crippen LogP contribution in [0, 0.1) is 6.92 Å². The Labute approximate surface area is 132 Å². The van der Waals surface area contributed by atoms with Gasteiger partial charge in [0.1, 0.15) is 0 Å². The van der Waals surface area contributed by atoms with E-state index >= 15 is 0 Å². The van der Waals surface area contributed by atoms with Gasteiger partial charge in [-0.15, -0.1) is 0 Å². The number of halogens is 1. The molecule has 0 amide bonds. The monoisotopic (exact) mass is 367 g/mol. The first-order valence-corrected chi connectivity index (χ1v) is 8.47. The Balaban J connectivity index is 2.38. The molecule has 2 aromatic carbocycles. The minimum absolute atomic E-state index is 0.112. The van der Waals surface area contributed by atoms with E-state index in [2.05, 4.69) is 20.7 Å². The van der Waals surface area contributed by atoms with Crippen LogP contribution in [0.15, 0.2) is 51.8 Å². The fraction of sp³-hybridized carbons (Fsp3) is 0.133. The first kappa shape index (κ1) is 15.7. The van der Waals surface area contributed by atoms with Crippen LogP contribution in [0.1, 0.15) is 22.8 Å². The highest BCUT2D eigenvalue weighted by Crippen LogP contribution is 2.22. The minimum atomic E-state index is -3.68. The molecule has 0 unspecified atom stereocenters. The van der Waals surface area contributed by atoms with Crippen molar-refractivity contribution < 1.29 is 13.2 Å². The highest BCUT2D eigenvalue weighted by molar-refractivity contribution is 9.10. The molecule has 0 saturated carbocycles. The fourth-order valence-corrected chi connectivity index (χ4v) is 3.15. The lowest BCUT2D eigenvalue weighted by molar-refractivity contribution is 0.101. The number of Topliss-reactive ketones (excluding diaryl/α,β-unsaturated/α-hetero) is 1. The van der Waals surface area contributed by atoms with Crippen molar-refractivity contribution in [2.45, 2.75) is 18.7 Å². The van der Waals surface area contributed by atoms with Crippen molar-refractivity contribution >= 4 is 37.4 Å². The molecule has 4 nitrogen and oxygen atoms in total. The molecule has 0 heterocycles. The van der Waals surface area contributed by atoms with Gasteiger partial charge < -0.3 is 0 Å². The van der Waals surface area contributed by atoms with Crippen LogP contribution in [0.4, 0.5) is 5.69 Å². The van der Waals surface area contributed by atoms with Gasteiger partial charge in [-0.1, -0.05) is 28.1 Å². The fourth-order valence-electron chi connectivity index (χ4n) is 1.77. The molecule has 0 bridgehead atoms. The van der Waals surface area contributed by atoms with E-state index in [0.29, 0.717) is 11.3 Å². The normalized spacial score (nSPS) is 11.2. The predicted molar refractivity (Wildman–Crippen MR) is 86.1 cm³/mol. The number of rotatable bonds is 4. The molecule has 21 heavy (non-hydrogen) atoms. The van der Waals surface area contributed by atoms with E-state index in [1.807, 2.05) is 0 Å². The lowest BCUT2D eigenvalue weighted by atomic mass is 10.1. The van der Waals surface area contributed by atoms with Crippen molar-refractivity contribution in [2.24, 2.45) is 0 Å². The van der Waals surface area contributed by atoms with Crippen LogP contribution in [-0.4, -0.2) is 14.2 Å². The molecular formula is C15H14BrNO3S. The zero-order chi connectivity index (χ0) is 15.6. The highest BCUT2D eigenvalue weighted by atomic mass is 79.9. The second-order valence-corrected chi connectivity index (χ2v) is 7.24. The molecule has 0 spiro atoms. The Hall–Kier alpha value is -1.66. The van der Waals surface area contributed by atoms with Gasteiger partial charge in [-0.2, -0.15) is 0 Å². The standard InChI is InChI=1S/C15H14BrNO3S/c1-10-3-4-12(11(2)18)9-15(10)17-21(19,20)14-7-5-13(16)6-8-14/h3-9,17H,1-2H3. The molecule has 0 aliphatic heterocycles. The molecule has 0 aliphatic carbocycles. The van der Waals surface area contributed by atoms with Crippen LogP contribution in [-0.2, 0) is 10.0 Å². The summed E-state index contributed by atoms with van der Waals surface area (Å²) in [4.78, 5) is 11.6. The lowest BCUT2D eigenvalue weighted by Gasteiger charge is -2.11. The maximum atomic E-state index is 12.3. The third-order valence-corrected chi connectivity index (χ3v) is 4.92. The van der Waals surface area contributed by atoms with Gasteiger partial charge >= 0.3 is 0 Å².